The molecule has 4 rings (SSSR count). The van der Waals surface area contributed by atoms with Crippen molar-refractivity contribution in [3.05, 3.63) is 71.0 Å². The van der Waals surface area contributed by atoms with Crippen molar-refractivity contribution in [2.45, 2.75) is 30.7 Å². The Labute approximate surface area is 134 Å². The summed E-state index contributed by atoms with van der Waals surface area (Å²) in [7, 11) is 0. The molecule has 4 heteroatoms. The summed E-state index contributed by atoms with van der Waals surface area (Å²) in [6.07, 6.45) is 2.47. The fraction of sp³-hybridized carbons (Fsp3) is 0.316. The first-order chi connectivity index (χ1) is 11.2. The summed E-state index contributed by atoms with van der Waals surface area (Å²) >= 11 is 0. The number of benzene rings is 2. The van der Waals surface area contributed by atoms with Crippen LogP contribution in [0.2, 0.25) is 0 Å². The molecule has 0 fully saturated rings. The maximum Gasteiger partial charge on any atom is 0.193 e. The first-order valence-corrected chi connectivity index (χ1v) is 7.97. The molecule has 2 aliphatic rings. The number of nitrogens with zero attached hydrogens (tertiary/aromatic N) is 2. The molecule has 2 unspecified atom stereocenters. The van der Waals surface area contributed by atoms with E-state index in [2.05, 4.69) is 10.2 Å². The van der Waals surface area contributed by atoms with Crippen LogP contribution in [0.25, 0.3) is 0 Å². The van der Waals surface area contributed by atoms with Gasteiger partial charge in [0, 0.05) is 11.5 Å². The fourth-order valence-electron chi connectivity index (χ4n) is 3.83. The van der Waals surface area contributed by atoms with Gasteiger partial charge in [-0.25, -0.2) is 4.39 Å². The van der Waals surface area contributed by atoms with Crippen molar-refractivity contribution in [2.75, 3.05) is 6.54 Å². The molecule has 0 N–H and O–H groups in total. The molecule has 2 aromatic carbocycles. The minimum Gasteiger partial charge on any atom is -0.291 e. The lowest BCUT2D eigenvalue weighted by atomic mass is 9.74. The lowest BCUT2D eigenvalue weighted by Crippen LogP contribution is -2.40. The predicted molar refractivity (Wildman–Crippen MR) is 85.3 cm³/mol. The fourth-order valence-corrected chi connectivity index (χ4v) is 3.83. The highest BCUT2D eigenvalue weighted by Gasteiger charge is 2.50. The Morgan fingerprint density at radius 1 is 1.09 bits per heavy atom. The summed E-state index contributed by atoms with van der Waals surface area (Å²) in [4.78, 5) is 13.3. The van der Waals surface area contributed by atoms with Crippen LogP contribution in [0.3, 0.4) is 0 Å². The van der Waals surface area contributed by atoms with E-state index in [4.69, 9.17) is 0 Å². The number of Topliss-reactive ketones (excluding diaryl/α,β-unsaturated/α-hetero) is 1. The van der Waals surface area contributed by atoms with Gasteiger partial charge in [-0.1, -0.05) is 36.4 Å². The lowest BCUT2D eigenvalue weighted by Gasteiger charge is -2.29. The van der Waals surface area contributed by atoms with Gasteiger partial charge < -0.3 is 0 Å². The van der Waals surface area contributed by atoms with E-state index in [0.29, 0.717) is 13.0 Å². The summed E-state index contributed by atoms with van der Waals surface area (Å²) < 4.78 is 13.2. The van der Waals surface area contributed by atoms with Crippen LogP contribution in [0.1, 0.15) is 40.2 Å². The number of carbonyl (C=O) groups excluding carboxylic acids is 1. The zero-order chi connectivity index (χ0) is 15.9. The van der Waals surface area contributed by atoms with Crippen LogP contribution >= 0.6 is 0 Å². The van der Waals surface area contributed by atoms with E-state index in [-0.39, 0.29) is 17.5 Å². The Balaban J connectivity index is 1.80. The number of rotatable bonds is 1. The monoisotopic (exact) mass is 308 g/mol. The molecular weight excluding hydrogens is 291 g/mol. The van der Waals surface area contributed by atoms with Gasteiger partial charge in [0.25, 0.3) is 0 Å². The highest BCUT2D eigenvalue weighted by Crippen LogP contribution is 2.45. The maximum absolute atomic E-state index is 13.3. The van der Waals surface area contributed by atoms with Crippen LogP contribution in [0.4, 0.5) is 4.39 Å². The van der Waals surface area contributed by atoms with E-state index in [1.165, 1.54) is 12.1 Å². The average molecular weight is 308 g/mol. The van der Waals surface area contributed by atoms with Gasteiger partial charge in [-0.2, -0.15) is 10.2 Å². The van der Waals surface area contributed by atoms with E-state index in [0.717, 1.165) is 29.5 Å². The van der Waals surface area contributed by atoms with Crippen LogP contribution in [-0.4, -0.2) is 17.9 Å². The van der Waals surface area contributed by atoms with E-state index in [9.17, 15) is 9.18 Å². The van der Waals surface area contributed by atoms with Crippen LogP contribution in [-0.2, 0) is 6.42 Å². The zero-order valence-corrected chi connectivity index (χ0v) is 12.7. The van der Waals surface area contributed by atoms with Gasteiger partial charge in [0.2, 0.25) is 0 Å². The molecule has 0 saturated heterocycles. The average Bonchev–Trinajstić information content (AvgIpc) is 2.94. The van der Waals surface area contributed by atoms with E-state index in [1.807, 2.05) is 24.3 Å². The number of fused-ring (bicyclic) bond motifs is 1. The third-order valence-electron chi connectivity index (χ3n) is 5.02. The Kier molecular flexibility index (Phi) is 3.33. The molecule has 0 amide bonds. The second kappa shape index (κ2) is 5.37. The van der Waals surface area contributed by atoms with Gasteiger partial charge in [0.1, 0.15) is 5.82 Å². The molecule has 2 aromatic rings. The van der Waals surface area contributed by atoms with Crippen molar-refractivity contribution in [2.24, 2.45) is 10.2 Å². The summed E-state index contributed by atoms with van der Waals surface area (Å²) in [5.74, 6) is -0.324. The summed E-state index contributed by atoms with van der Waals surface area (Å²) in [6, 6.07) is 14.2. The number of carbonyl (C=O) groups is 1. The number of azo groups is 1. The Hall–Kier alpha value is -2.36. The number of halogens is 1. The van der Waals surface area contributed by atoms with Gasteiger partial charge in [-0.15, -0.1) is 0 Å². The standard InChI is InChI=1S/C19H17FN2O/c20-15-9-7-14(8-10-15)17-12-21-22-19(17)11-3-5-13-4-1-2-6-16(13)18(19)23/h1-2,4,6-10,17H,3,5,11-12H2. The summed E-state index contributed by atoms with van der Waals surface area (Å²) in [5.41, 5.74) is 1.96. The molecule has 0 radical (unpaired) electrons. The molecule has 1 spiro atoms. The van der Waals surface area contributed by atoms with Crippen LogP contribution in [0.5, 0.6) is 0 Å². The Morgan fingerprint density at radius 3 is 2.70 bits per heavy atom. The number of ketones is 1. The Morgan fingerprint density at radius 2 is 1.87 bits per heavy atom. The van der Waals surface area contributed by atoms with Gasteiger partial charge in [-0.3, -0.25) is 4.79 Å². The molecular formula is C19H17FN2O. The van der Waals surface area contributed by atoms with Gasteiger partial charge >= 0.3 is 0 Å². The molecule has 1 heterocycles. The number of hydrogen-bond acceptors (Lipinski definition) is 3. The van der Waals surface area contributed by atoms with E-state index in [1.54, 1.807) is 12.1 Å². The first-order valence-electron chi connectivity index (χ1n) is 7.97. The number of aryl methyl sites for hydroxylation is 1. The minimum atomic E-state index is -0.829. The lowest BCUT2D eigenvalue weighted by molar-refractivity contribution is 0.0870. The second-order valence-electron chi connectivity index (χ2n) is 6.29. The van der Waals surface area contributed by atoms with Crippen molar-refractivity contribution in [1.29, 1.82) is 0 Å². The molecule has 1 aliphatic heterocycles. The van der Waals surface area contributed by atoms with Gasteiger partial charge in [0.05, 0.1) is 6.54 Å². The molecule has 1 aliphatic carbocycles. The van der Waals surface area contributed by atoms with Crippen molar-refractivity contribution >= 4 is 5.78 Å². The molecule has 0 aromatic heterocycles. The smallest absolute Gasteiger partial charge is 0.193 e. The molecule has 0 bridgehead atoms. The normalized spacial score (nSPS) is 26.3. The zero-order valence-electron chi connectivity index (χ0n) is 12.7. The van der Waals surface area contributed by atoms with Crippen molar-refractivity contribution in [3.8, 4) is 0 Å². The molecule has 2 atom stereocenters. The van der Waals surface area contributed by atoms with Crippen LogP contribution in [0, 0.1) is 5.82 Å². The SMILES string of the molecule is O=C1c2ccccc2CCCC12N=NCC2c1ccc(F)cc1. The quantitative estimate of drug-likeness (QED) is 0.773. The Bertz CT molecular complexity index is 784. The minimum absolute atomic E-state index is 0.0566. The molecule has 0 saturated carbocycles. The van der Waals surface area contributed by atoms with E-state index < -0.39 is 5.54 Å². The van der Waals surface area contributed by atoms with Gasteiger partial charge in [-0.05, 0) is 42.5 Å². The highest BCUT2D eigenvalue weighted by molar-refractivity contribution is 6.05. The van der Waals surface area contributed by atoms with Crippen LogP contribution < -0.4 is 0 Å². The third-order valence-corrected chi connectivity index (χ3v) is 5.02. The van der Waals surface area contributed by atoms with Crippen LogP contribution in [0.15, 0.2) is 58.8 Å². The van der Waals surface area contributed by atoms with Crippen molar-refractivity contribution in [3.63, 3.8) is 0 Å². The van der Waals surface area contributed by atoms with E-state index >= 15 is 0 Å². The number of hydrogen-bond donors (Lipinski definition) is 0. The molecule has 116 valence electrons. The molecule has 23 heavy (non-hydrogen) atoms. The first kappa shape index (κ1) is 14.2. The van der Waals surface area contributed by atoms with Crippen molar-refractivity contribution < 1.29 is 9.18 Å². The summed E-state index contributed by atoms with van der Waals surface area (Å²) in [6.45, 7) is 0.486. The maximum atomic E-state index is 13.3. The highest BCUT2D eigenvalue weighted by atomic mass is 19.1. The third kappa shape index (κ3) is 2.21. The largest absolute Gasteiger partial charge is 0.291 e. The van der Waals surface area contributed by atoms with Crippen molar-refractivity contribution in [1.82, 2.24) is 0 Å². The molecule has 3 nitrogen and oxygen atoms in total. The predicted octanol–water partition coefficient (Wildman–Crippen LogP) is 4.33. The topological polar surface area (TPSA) is 41.8 Å². The summed E-state index contributed by atoms with van der Waals surface area (Å²) in [5, 5.41) is 8.64. The van der Waals surface area contributed by atoms with Gasteiger partial charge in [0.15, 0.2) is 11.3 Å². The second-order valence-corrected chi connectivity index (χ2v) is 6.29.